The van der Waals surface area contributed by atoms with Gasteiger partial charge in [0.15, 0.2) is 5.69 Å². The van der Waals surface area contributed by atoms with Crippen LogP contribution >= 0.6 is 0 Å². The van der Waals surface area contributed by atoms with Gasteiger partial charge in [-0.15, -0.1) is 0 Å². The van der Waals surface area contributed by atoms with E-state index in [1.165, 1.54) is 12.0 Å². The molecule has 2 heterocycles. The number of ether oxygens (including phenoxy) is 1. The summed E-state index contributed by atoms with van der Waals surface area (Å²) in [7, 11) is 1.53. The van der Waals surface area contributed by atoms with E-state index in [4.69, 9.17) is 9.26 Å². The molecule has 2 atom stereocenters. The summed E-state index contributed by atoms with van der Waals surface area (Å²) in [5.74, 6) is -0.600. The van der Waals surface area contributed by atoms with Crippen molar-refractivity contribution >= 4 is 11.9 Å². The fourth-order valence-corrected chi connectivity index (χ4v) is 3.29. The third-order valence-electron chi connectivity index (χ3n) is 4.54. The first-order valence-corrected chi connectivity index (χ1v) is 7.65. The maximum absolute atomic E-state index is 12.8. The van der Waals surface area contributed by atoms with Crippen molar-refractivity contribution in [2.24, 2.45) is 0 Å². The van der Waals surface area contributed by atoms with Gasteiger partial charge in [0, 0.05) is 32.1 Å². The van der Waals surface area contributed by atoms with Crippen LogP contribution in [0, 0.1) is 0 Å². The Morgan fingerprint density at radius 1 is 1.32 bits per heavy atom. The highest BCUT2D eigenvalue weighted by Gasteiger charge is 2.41. The zero-order valence-electron chi connectivity index (χ0n) is 12.6. The quantitative estimate of drug-likeness (QED) is 0.845. The third kappa shape index (κ3) is 2.61. The van der Waals surface area contributed by atoms with E-state index in [0.29, 0.717) is 6.42 Å². The number of fused-ring (bicyclic) bond motifs is 1. The van der Waals surface area contributed by atoms with Gasteiger partial charge in [0.2, 0.25) is 0 Å². The van der Waals surface area contributed by atoms with Crippen LogP contribution in [0.2, 0.25) is 0 Å². The van der Waals surface area contributed by atoms with Crippen molar-refractivity contribution in [3.05, 3.63) is 17.0 Å². The average Bonchev–Trinajstić information content (AvgIpc) is 3.05. The Morgan fingerprint density at radius 2 is 2.09 bits per heavy atom. The summed E-state index contributed by atoms with van der Waals surface area (Å²) in [5.41, 5.74) is 1.13. The Hall–Kier alpha value is -1.89. The van der Waals surface area contributed by atoms with Crippen molar-refractivity contribution < 1.29 is 24.0 Å². The largest absolute Gasteiger partial charge is 0.480 e. The van der Waals surface area contributed by atoms with Gasteiger partial charge in [-0.25, -0.2) is 4.79 Å². The zero-order chi connectivity index (χ0) is 15.7. The van der Waals surface area contributed by atoms with Crippen LogP contribution in [0.5, 0.6) is 0 Å². The van der Waals surface area contributed by atoms with Crippen molar-refractivity contribution in [3.63, 3.8) is 0 Å². The predicted octanol–water partition coefficient (Wildman–Crippen LogP) is 1.26. The van der Waals surface area contributed by atoms with Gasteiger partial charge in [0.25, 0.3) is 5.91 Å². The molecule has 1 aromatic rings. The highest BCUT2D eigenvalue weighted by Crippen LogP contribution is 2.27. The number of hydrogen-bond donors (Lipinski definition) is 1. The number of likely N-dealkylation sites (tertiary alicyclic amines) is 1. The van der Waals surface area contributed by atoms with Crippen molar-refractivity contribution in [1.82, 2.24) is 10.1 Å². The van der Waals surface area contributed by atoms with Gasteiger partial charge < -0.3 is 19.3 Å². The van der Waals surface area contributed by atoms with Crippen molar-refractivity contribution in [1.29, 1.82) is 0 Å². The molecule has 2 aliphatic rings. The van der Waals surface area contributed by atoms with Crippen LogP contribution < -0.4 is 0 Å². The van der Waals surface area contributed by atoms with Gasteiger partial charge in [-0.2, -0.15) is 0 Å². The van der Waals surface area contributed by atoms with Crippen LogP contribution in [0.15, 0.2) is 4.52 Å². The minimum absolute atomic E-state index is 0.254. The number of aliphatic carboxylic acids is 1. The molecule has 7 nitrogen and oxygen atoms in total. The Kier molecular flexibility index (Phi) is 4.15. The Morgan fingerprint density at radius 3 is 2.82 bits per heavy atom. The SMILES string of the molecule is COC1CC(C(=O)O)N(C(=O)c2noc3c2CCCCC3)C1. The molecule has 1 fully saturated rings. The Bertz CT molecular complexity index is 582. The fraction of sp³-hybridized carbons (Fsp3) is 0.667. The molecule has 120 valence electrons. The average molecular weight is 308 g/mol. The number of aryl methyl sites for hydroxylation is 1. The molecular weight excluding hydrogens is 288 g/mol. The topological polar surface area (TPSA) is 92.9 Å². The highest BCUT2D eigenvalue weighted by molar-refractivity contribution is 5.96. The molecule has 7 heteroatoms. The van der Waals surface area contributed by atoms with E-state index in [2.05, 4.69) is 5.16 Å². The lowest BCUT2D eigenvalue weighted by Crippen LogP contribution is -2.41. The lowest BCUT2D eigenvalue weighted by Gasteiger charge is -2.20. The Balaban J connectivity index is 1.87. The van der Waals surface area contributed by atoms with E-state index < -0.39 is 12.0 Å². The first kappa shape index (κ1) is 15.0. The Labute approximate surface area is 128 Å². The summed E-state index contributed by atoms with van der Waals surface area (Å²) >= 11 is 0. The number of carbonyl (C=O) groups is 2. The zero-order valence-corrected chi connectivity index (χ0v) is 12.6. The summed E-state index contributed by atoms with van der Waals surface area (Å²) in [4.78, 5) is 25.5. The normalized spacial score (nSPS) is 24.9. The second kappa shape index (κ2) is 6.08. The van der Waals surface area contributed by atoms with Gasteiger partial charge >= 0.3 is 5.97 Å². The fourth-order valence-electron chi connectivity index (χ4n) is 3.29. The molecule has 1 N–H and O–H groups in total. The van der Waals surface area contributed by atoms with Crippen LogP contribution in [-0.2, 0) is 22.4 Å². The van der Waals surface area contributed by atoms with Crippen molar-refractivity contribution in [2.45, 2.75) is 50.7 Å². The van der Waals surface area contributed by atoms with Gasteiger partial charge in [-0.05, 0) is 19.3 Å². The molecule has 0 saturated carbocycles. The summed E-state index contributed by atoms with van der Waals surface area (Å²) in [6.45, 7) is 0.272. The van der Waals surface area contributed by atoms with Crippen LogP contribution in [0.3, 0.4) is 0 Å². The first-order chi connectivity index (χ1) is 10.6. The molecule has 0 spiro atoms. The number of amides is 1. The predicted molar refractivity (Wildman–Crippen MR) is 75.6 cm³/mol. The summed E-state index contributed by atoms with van der Waals surface area (Å²) in [5, 5.41) is 13.3. The molecule has 0 aromatic carbocycles. The van der Waals surface area contributed by atoms with E-state index in [1.54, 1.807) is 0 Å². The molecular formula is C15H20N2O5. The lowest BCUT2D eigenvalue weighted by molar-refractivity contribution is -0.141. The van der Waals surface area contributed by atoms with Crippen LogP contribution in [0.1, 0.15) is 47.5 Å². The van der Waals surface area contributed by atoms with Gasteiger partial charge in [0.05, 0.1) is 6.10 Å². The van der Waals surface area contributed by atoms with Crippen LogP contribution in [-0.4, -0.2) is 52.8 Å². The number of carboxylic acid groups (broad SMARTS) is 1. The molecule has 3 rings (SSSR count). The molecule has 1 saturated heterocycles. The molecule has 1 aliphatic carbocycles. The summed E-state index contributed by atoms with van der Waals surface area (Å²) < 4.78 is 10.5. The smallest absolute Gasteiger partial charge is 0.326 e. The molecule has 2 unspecified atom stereocenters. The van der Waals surface area contributed by atoms with Crippen molar-refractivity contribution in [3.8, 4) is 0 Å². The summed E-state index contributed by atoms with van der Waals surface area (Å²) in [6.07, 6.45) is 4.73. The maximum Gasteiger partial charge on any atom is 0.326 e. The van der Waals surface area contributed by atoms with E-state index in [1.807, 2.05) is 0 Å². The second-order valence-electron chi connectivity index (χ2n) is 5.90. The van der Waals surface area contributed by atoms with E-state index in [0.717, 1.165) is 43.4 Å². The number of rotatable bonds is 3. The molecule has 0 bridgehead atoms. The van der Waals surface area contributed by atoms with E-state index in [9.17, 15) is 14.7 Å². The molecule has 1 aliphatic heterocycles. The standard InChI is InChI=1S/C15H20N2O5/c1-21-9-7-11(15(19)20)17(8-9)14(18)13-10-5-3-2-4-6-12(10)22-16-13/h9,11H,2-8H2,1H3,(H,19,20). The molecule has 22 heavy (non-hydrogen) atoms. The van der Waals surface area contributed by atoms with E-state index in [-0.39, 0.29) is 24.2 Å². The molecule has 1 amide bonds. The maximum atomic E-state index is 12.8. The minimum Gasteiger partial charge on any atom is -0.480 e. The highest BCUT2D eigenvalue weighted by atomic mass is 16.5. The number of carbonyl (C=O) groups excluding carboxylic acids is 1. The lowest BCUT2D eigenvalue weighted by atomic mass is 10.1. The third-order valence-corrected chi connectivity index (χ3v) is 4.54. The van der Waals surface area contributed by atoms with Crippen LogP contribution in [0.25, 0.3) is 0 Å². The first-order valence-electron chi connectivity index (χ1n) is 7.65. The molecule has 1 aromatic heterocycles. The number of methoxy groups -OCH3 is 1. The minimum atomic E-state index is -1.01. The summed E-state index contributed by atoms with van der Waals surface area (Å²) in [6, 6.07) is -0.865. The monoisotopic (exact) mass is 308 g/mol. The second-order valence-corrected chi connectivity index (χ2v) is 5.90. The van der Waals surface area contributed by atoms with Crippen molar-refractivity contribution in [2.75, 3.05) is 13.7 Å². The van der Waals surface area contributed by atoms with Crippen LogP contribution in [0.4, 0.5) is 0 Å². The van der Waals surface area contributed by atoms with Gasteiger partial charge in [0.1, 0.15) is 11.8 Å². The number of nitrogens with zero attached hydrogens (tertiary/aromatic N) is 2. The number of hydrogen-bond acceptors (Lipinski definition) is 5. The number of carboxylic acids is 1. The number of aromatic nitrogens is 1. The van der Waals surface area contributed by atoms with Gasteiger partial charge in [-0.1, -0.05) is 11.6 Å². The van der Waals surface area contributed by atoms with E-state index >= 15 is 0 Å². The molecule has 0 radical (unpaired) electrons. The van der Waals surface area contributed by atoms with Gasteiger partial charge in [-0.3, -0.25) is 4.79 Å².